The zero-order valence-corrected chi connectivity index (χ0v) is 12.4. The van der Waals surface area contributed by atoms with Crippen LogP contribution in [0.4, 0.5) is 5.95 Å². The summed E-state index contributed by atoms with van der Waals surface area (Å²) in [4.78, 5) is 18.7. The lowest BCUT2D eigenvalue weighted by Gasteiger charge is -2.08. The number of esters is 1. The molecule has 0 amide bonds. The Morgan fingerprint density at radius 3 is 2.65 bits per heavy atom. The van der Waals surface area contributed by atoms with Crippen molar-refractivity contribution >= 4 is 21.9 Å². The number of carbonyl (C=O) groups is 1. The molecule has 0 fully saturated rings. The quantitative estimate of drug-likeness (QED) is 0.730. The Labute approximate surface area is 117 Å². The monoisotopic (exact) mass is 303 g/mol. The van der Waals surface area contributed by atoms with Crippen LogP contribution in [0.15, 0.2) is 6.07 Å². The SMILES string of the molecule is COC(=O)CCCS(=O)(=O)Nc1nc(C)cc(OC)n1. The van der Waals surface area contributed by atoms with Crippen molar-refractivity contribution in [1.29, 1.82) is 0 Å². The highest BCUT2D eigenvalue weighted by atomic mass is 32.2. The minimum Gasteiger partial charge on any atom is -0.481 e. The summed E-state index contributed by atoms with van der Waals surface area (Å²) in [6, 6.07) is 1.58. The van der Waals surface area contributed by atoms with Crippen molar-refractivity contribution in [3.63, 3.8) is 0 Å². The molecule has 0 saturated heterocycles. The third kappa shape index (κ3) is 5.39. The van der Waals surface area contributed by atoms with Gasteiger partial charge in [0.2, 0.25) is 21.9 Å². The second-order valence-corrected chi connectivity index (χ2v) is 5.82. The first-order valence-electron chi connectivity index (χ1n) is 5.83. The van der Waals surface area contributed by atoms with E-state index in [4.69, 9.17) is 4.74 Å². The summed E-state index contributed by atoms with van der Waals surface area (Å²) in [5.74, 6) is -0.458. The third-order valence-electron chi connectivity index (χ3n) is 2.31. The number of carbonyl (C=O) groups excluding carboxylic acids is 1. The largest absolute Gasteiger partial charge is 0.481 e. The predicted octanol–water partition coefficient (Wildman–Crippen LogP) is 0.489. The lowest BCUT2D eigenvalue weighted by molar-refractivity contribution is -0.140. The Morgan fingerprint density at radius 2 is 2.05 bits per heavy atom. The summed E-state index contributed by atoms with van der Waals surface area (Å²) < 4.78 is 35.2. The first kappa shape index (κ1) is 16.2. The molecule has 1 aromatic heterocycles. The summed E-state index contributed by atoms with van der Waals surface area (Å²) in [6.45, 7) is 1.69. The van der Waals surface area contributed by atoms with Crippen LogP contribution in [0.5, 0.6) is 5.88 Å². The van der Waals surface area contributed by atoms with Crippen molar-refractivity contribution in [2.24, 2.45) is 0 Å². The van der Waals surface area contributed by atoms with E-state index < -0.39 is 16.0 Å². The van der Waals surface area contributed by atoms with Gasteiger partial charge in [-0.2, -0.15) is 4.98 Å². The van der Waals surface area contributed by atoms with E-state index in [1.165, 1.54) is 14.2 Å². The van der Waals surface area contributed by atoms with Gasteiger partial charge in [0.1, 0.15) is 0 Å². The van der Waals surface area contributed by atoms with Gasteiger partial charge >= 0.3 is 5.97 Å². The first-order valence-corrected chi connectivity index (χ1v) is 7.48. The van der Waals surface area contributed by atoms with Crippen molar-refractivity contribution < 1.29 is 22.7 Å². The Bertz CT molecular complexity index is 573. The van der Waals surface area contributed by atoms with Crippen LogP contribution in [0.2, 0.25) is 0 Å². The number of nitrogens with zero attached hydrogens (tertiary/aromatic N) is 2. The topological polar surface area (TPSA) is 107 Å². The second-order valence-electron chi connectivity index (χ2n) is 3.98. The lowest BCUT2D eigenvalue weighted by Crippen LogP contribution is -2.19. The number of sulfonamides is 1. The minimum absolute atomic E-state index is 0.0371. The van der Waals surface area contributed by atoms with Gasteiger partial charge in [0.05, 0.1) is 20.0 Å². The van der Waals surface area contributed by atoms with Gasteiger partial charge in [-0.3, -0.25) is 9.52 Å². The van der Waals surface area contributed by atoms with E-state index in [2.05, 4.69) is 19.4 Å². The summed E-state index contributed by atoms with van der Waals surface area (Å²) in [5, 5.41) is 0. The van der Waals surface area contributed by atoms with Crippen molar-refractivity contribution in [3.05, 3.63) is 11.8 Å². The van der Waals surface area contributed by atoms with E-state index in [-0.39, 0.29) is 30.4 Å². The van der Waals surface area contributed by atoms with Gasteiger partial charge in [-0.25, -0.2) is 13.4 Å². The molecule has 0 aliphatic heterocycles. The summed E-state index contributed by atoms with van der Waals surface area (Å²) >= 11 is 0. The molecule has 0 atom stereocenters. The van der Waals surface area contributed by atoms with E-state index in [1.807, 2.05) is 0 Å². The zero-order chi connectivity index (χ0) is 15.2. The maximum atomic E-state index is 11.8. The fourth-order valence-corrected chi connectivity index (χ4v) is 2.38. The van der Waals surface area contributed by atoms with Crippen LogP contribution in [0, 0.1) is 6.92 Å². The molecule has 0 radical (unpaired) electrons. The van der Waals surface area contributed by atoms with Crippen molar-refractivity contribution in [2.45, 2.75) is 19.8 Å². The fourth-order valence-electron chi connectivity index (χ4n) is 1.39. The third-order valence-corrected chi connectivity index (χ3v) is 3.63. The molecular weight excluding hydrogens is 286 g/mol. The predicted molar refractivity (Wildman–Crippen MR) is 72.0 cm³/mol. The standard InChI is InChI=1S/C11H17N3O5S/c1-8-7-9(18-2)13-11(12-8)14-20(16,17)6-4-5-10(15)19-3/h7H,4-6H2,1-3H3,(H,12,13,14). The van der Waals surface area contributed by atoms with E-state index in [0.717, 1.165) is 0 Å². The molecule has 1 N–H and O–H groups in total. The highest BCUT2D eigenvalue weighted by Crippen LogP contribution is 2.12. The van der Waals surface area contributed by atoms with E-state index in [9.17, 15) is 13.2 Å². The molecule has 0 spiro atoms. The molecule has 20 heavy (non-hydrogen) atoms. The van der Waals surface area contributed by atoms with Crippen molar-refractivity contribution in [1.82, 2.24) is 9.97 Å². The van der Waals surface area contributed by atoms with Gasteiger partial charge < -0.3 is 9.47 Å². The number of nitrogens with one attached hydrogen (secondary N) is 1. The maximum absolute atomic E-state index is 11.8. The second kappa shape index (κ2) is 7.04. The van der Waals surface area contributed by atoms with Gasteiger partial charge in [-0.15, -0.1) is 0 Å². The molecular formula is C11H17N3O5S. The molecule has 1 rings (SSSR count). The van der Waals surface area contributed by atoms with Crippen LogP contribution in [0.1, 0.15) is 18.5 Å². The Balaban J connectivity index is 2.66. The lowest BCUT2D eigenvalue weighted by atomic mass is 10.3. The number of hydrogen-bond donors (Lipinski definition) is 1. The molecule has 0 saturated carbocycles. The smallest absolute Gasteiger partial charge is 0.305 e. The average Bonchev–Trinajstić information content (AvgIpc) is 2.36. The van der Waals surface area contributed by atoms with Gasteiger partial charge in [0.25, 0.3) is 0 Å². The number of anilines is 1. The van der Waals surface area contributed by atoms with Gasteiger partial charge in [-0.05, 0) is 13.3 Å². The normalized spacial score (nSPS) is 10.9. The molecule has 0 aromatic carbocycles. The van der Waals surface area contributed by atoms with E-state index in [1.54, 1.807) is 13.0 Å². The van der Waals surface area contributed by atoms with E-state index in [0.29, 0.717) is 5.69 Å². The highest BCUT2D eigenvalue weighted by molar-refractivity contribution is 7.92. The van der Waals surface area contributed by atoms with Crippen molar-refractivity contribution in [2.75, 3.05) is 24.7 Å². The molecule has 1 heterocycles. The van der Waals surface area contributed by atoms with Crippen LogP contribution in [0.25, 0.3) is 0 Å². The van der Waals surface area contributed by atoms with Crippen LogP contribution in [-0.2, 0) is 19.6 Å². The molecule has 9 heteroatoms. The summed E-state index contributed by atoms with van der Waals surface area (Å²) in [5.41, 5.74) is 0.573. The number of aryl methyl sites for hydroxylation is 1. The van der Waals surface area contributed by atoms with Crippen molar-refractivity contribution in [3.8, 4) is 5.88 Å². The first-order chi connectivity index (χ1) is 9.36. The van der Waals surface area contributed by atoms with Crippen LogP contribution < -0.4 is 9.46 Å². The number of hydrogen-bond acceptors (Lipinski definition) is 7. The van der Waals surface area contributed by atoms with Crippen LogP contribution >= 0.6 is 0 Å². The summed E-state index contributed by atoms with van der Waals surface area (Å²) in [7, 11) is -0.940. The molecule has 8 nitrogen and oxygen atoms in total. The maximum Gasteiger partial charge on any atom is 0.305 e. The molecule has 0 aliphatic carbocycles. The highest BCUT2D eigenvalue weighted by Gasteiger charge is 2.14. The molecule has 0 aliphatic rings. The average molecular weight is 303 g/mol. The number of methoxy groups -OCH3 is 2. The molecule has 1 aromatic rings. The number of aromatic nitrogens is 2. The van der Waals surface area contributed by atoms with E-state index >= 15 is 0 Å². The Morgan fingerprint density at radius 1 is 1.35 bits per heavy atom. The minimum atomic E-state index is -3.62. The molecule has 112 valence electrons. The Kier molecular flexibility index (Phi) is 5.68. The Hall–Kier alpha value is -1.90. The van der Waals surface area contributed by atoms with Gasteiger partial charge in [0.15, 0.2) is 0 Å². The number of ether oxygens (including phenoxy) is 2. The molecule has 0 unspecified atom stereocenters. The van der Waals surface area contributed by atoms with Gasteiger partial charge in [-0.1, -0.05) is 0 Å². The zero-order valence-electron chi connectivity index (χ0n) is 11.5. The summed E-state index contributed by atoms with van der Waals surface area (Å²) in [6.07, 6.45) is 0.195. The van der Waals surface area contributed by atoms with Gasteiger partial charge in [0, 0.05) is 18.2 Å². The number of rotatable bonds is 7. The molecule has 0 bridgehead atoms. The van der Waals surface area contributed by atoms with Crippen LogP contribution in [0.3, 0.4) is 0 Å². The van der Waals surface area contributed by atoms with Crippen LogP contribution in [-0.4, -0.2) is 44.3 Å². The fraction of sp³-hybridized carbons (Fsp3) is 0.545.